The molecule has 74 valence electrons. The van der Waals surface area contributed by atoms with Crippen LogP contribution in [0.15, 0.2) is 24.3 Å². The number of β-amino-alcohol motifs (C(OH)–C–C–N with tert-alkyl or cyclic N) is 1. The summed E-state index contributed by atoms with van der Waals surface area (Å²) >= 11 is 0. The Bertz CT molecular complexity index is 349. The van der Waals surface area contributed by atoms with Gasteiger partial charge in [0.2, 0.25) is 0 Å². The van der Waals surface area contributed by atoms with Gasteiger partial charge >= 0.3 is 0 Å². The fourth-order valence-electron chi connectivity index (χ4n) is 1.83. The SMILES string of the molecule is O=C1CCN(CCO)c2ccccc21. The summed E-state index contributed by atoms with van der Waals surface area (Å²) in [5, 5.41) is 8.88. The topological polar surface area (TPSA) is 40.5 Å². The van der Waals surface area contributed by atoms with Gasteiger partial charge in [0.15, 0.2) is 5.78 Å². The van der Waals surface area contributed by atoms with Crippen molar-refractivity contribution in [3.05, 3.63) is 29.8 Å². The van der Waals surface area contributed by atoms with Crippen LogP contribution in [0.1, 0.15) is 16.8 Å². The van der Waals surface area contributed by atoms with Gasteiger partial charge in [0.1, 0.15) is 0 Å². The molecule has 1 heterocycles. The Kier molecular flexibility index (Phi) is 2.50. The number of hydrogen-bond donors (Lipinski definition) is 1. The van der Waals surface area contributed by atoms with Gasteiger partial charge < -0.3 is 10.0 Å². The zero-order valence-corrected chi connectivity index (χ0v) is 7.94. The molecule has 3 heteroatoms. The number of Topliss-reactive ketones (excluding diaryl/α,β-unsaturated/α-hetero) is 1. The number of para-hydroxylation sites is 1. The summed E-state index contributed by atoms with van der Waals surface area (Å²) < 4.78 is 0. The van der Waals surface area contributed by atoms with Gasteiger partial charge in [-0.2, -0.15) is 0 Å². The van der Waals surface area contributed by atoms with Crippen molar-refractivity contribution in [2.45, 2.75) is 6.42 Å². The largest absolute Gasteiger partial charge is 0.395 e. The highest BCUT2D eigenvalue weighted by Crippen LogP contribution is 2.25. The number of ketones is 1. The molecule has 3 nitrogen and oxygen atoms in total. The summed E-state index contributed by atoms with van der Waals surface area (Å²) in [5.74, 6) is 0.204. The lowest BCUT2D eigenvalue weighted by molar-refractivity contribution is 0.0979. The Labute approximate surface area is 83.0 Å². The van der Waals surface area contributed by atoms with E-state index in [9.17, 15) is 4.79 Å². The van der Waals surface area contributed by atoms with Crippen molar-refractivity contribution in [1.29, 1.82) is 0 Å². The van der Waals surface area contributed by atoms with Crippen molar-refractivity contribution in [2.24, 2.45) is 0 Å². The maximum atomic E-state index is 11.5. The minimum atomic E-state index is 0.128. The van der Waals surface area contributed by atoms with E-state index in [1.54, 1.807) is 0 Å². The third-order valence-electron chi connectivity index (χ3n) is 2.52. The lowest BCUT2D eigenvalue weighted by Crippen LogP contribution is -2.34. The van der Waals surface area contributed by atoms with E-state index in [0.717, 1.165) is 17.8 Å². The van der Waals surface area contributed by atoms with Crippen LogP contribution in [0.25, 0.3) is 0 Å². The highest BCUT2D eigenvalue weighted by atomic mass is 16.3. The second kappa shape index (κ2) is 3.80. The molecule has 1 aliphatic rings. The van der Waals surface area contributed by atoms with Crippen LogP contribution < -0.4 is 4.90 Å². The first kappa shape index (κ1) is 9.21. The average molecular weight is 191 g/mol. The van der Waals surface area contributed by atoms with Crippen LogP contribution in [0.5, 0.6) is 0 Å². The first-order chi connectivity index (χ1) is 6.83. The average Bonchev–Trinajstić information content (AvgIpc) is 2.23. The summed E-state index contributed by atoms with van der Waals surface area (Å²) in [4.78, 5) is 13.6. The first-order valence-electron chi connectivity index (χ1n) is 4.81. The molecule has 1 aromatic rings. The number of aliphatic hydroxyl groups excluding tert-OH is 1. The molecule has 0 bridgehead atoms. The normalized spacial score (nSPS) is 15.5. The Balaban J connectivity index is 2.36. The lowest BCUT2D eigenvalue weighted by atomic mass is 10.0. The van der Waals surface area contributed by atoms with E-state index in [1.165, 1.54) is 0 Å². The summed E-state index contributed by atoms with van der Waals surface area (Å²) in [6, 6.07) is 7.57. The van der Waals surface area contributed by atoms with Crippen molar-refractivity contribution in [2.75, 3.05) is 24.6 Å². The highest BCUT2D eigenvalue weighted by molar-refractivity contribution is 6.03. The number of carbonyl (C=O) groups is 1. The quantitative estimate of drug-likeness (QED) is 0.760. The van der Waals surface area contributed by atoms with Gasteiger partial charge in [-0.25, -0.2) is 0 Å². The molecular weight excluding hydrogens is 178 g/mol. The van der Waals surface area contributed by atoms with Gasteiger partial charge in [0, 0.05) is 30.8 Å². The molecule has 14 heavy (non-hydrogen) atoms. The van der Waals surface area contributed by atoms with Crippen molar-refractivity contribution in [3.63, 3.8) is 0 Å². The van der Waals surface area contributed by atoms with E-state index in [-0.39, 0.29) is 12.4 Å². The predicted molar refractivity (Wildman–Crippen MR) is 54.7 cm³/mol. The molecule has 1 aliphatic heterocycles. The number of aliphatic hydroxyl groups is 1. The molecule has 0 saturated carbocycles. The molecule has 0 saturated heterocycles. The van der Waals surface area contributed by atoms with Crippen molar-refractivity contribution in [1.82, 2.24) is 0 Å². The van der Waals surface area contributed by atoms with E-state index in [0.29, 0.717) is 13.0 Å². The number of nitrogens with zero attached hydrogens (tertiary/aromatic N) is 1. The Morgan fingerprint density at radius 3 is 2.93 bits per heavy atom. The van der Waals surface area contributed by atoms with Crippen LogP contribution in [-0.4, -0.2) is 30.6 Å². The second-order valence-corrected chi connectivity index (χ2v) is 3.40. The van der Waals surface area contributed by atoms with E-state index < -0.39 is 0 Å². The molecule has 0 unspecified atom stereocenters. The van der Waals surface area contributed by atoms with Gasteiger partial charge in [0.05, 0.1) is 6.61 Å². The molecule has 2 rings (SSSR count). The molecule has 0 radical (unpaired) electrons. The number of carbonyl (C=O) groups excluding carboxylic acids is 1. The maximum Gasteiger partial charge on any atom is 0.166 e. The molecule has 0 aromatic heterocycles. The highest BCUT2D eigenvalue weighted by Gasteiger charge is 2.21. The maximum absolute atomic E-state index is 11.5. The van der Waals surface area contributed by atoms with E-state index in [1.807, 2.05) is 24.3 Å². The van der Waals surface area contributed by atoms with Gasteiger partial charge in [-0.05, 0) is 12.1 Å². The van der Waals surface area contributed by atoms with E-state index in [4.69, 9.17) is 5.11 Å². The third kappa shape index (κ3) is 1.51. The number of rotatable bonds is 2. The van der Waals surface area contributed by atoms with Gasteiger partial charge in [-0.1, -0.05) is 12.1 Å². The first-order valence-corrected chi connectivity index (χ1v) is 4.81. The Morgan fingerprint density at radius 2 is 2.14 bits per heavy atom. The summed E-state index contributed by atoms with van der Waals surface area (Å²) in [6.45, 7) is 1.45. The number of anilines is 1. The molecule has 0 spiro atoms. The number of benzene rings is 1. The summed E-state index contributed by atoms with van der Waals surface area (Å²) in [6.07, 6.45) is 0.553. The fourth-order valence-corrected chi connectivity index (χ4v) is 1.83. The molecule has 0 atom stereocenters. The smallest absolute Gasteiger partial charge is 0.166 e. The van der Waals surface area contributed by atoms with Crippen LogP contribution in [0.3, 0.4) is 0 Å². The summed E-state index contributed by atoms with van der Waals surface area (Å²) in [5.41, 5.74) is 1.74. The van der Waals surface area contributed by atoms with Gasteiger partial charge in [0.25, 0.3) is 0 Å². The third-order valence-corrected chi connectivity index (χ3v) is 2.52. The number of fused-ring (bicyclic) bond motifs is 1. The standard InChI is InChI=1S/C11H13NO2/c13-8-7-12-6-5-11(14)9-3-1-2-4-10(9)12/h1-4,13H,5-8H2. The minimum absolute atomic E-state index is 0.128. The molecular formula is C11H13NO2. The van der Waals surface area contributed by atoms with Crippen molar-refractivity contribution in [3.8, 4) is 0 Å². The molecule has 0 aliphatic carbocycles. The van der Waals surface area contributed by atoms with Gasteiger partial charge in [-0.3, -0.25) is 4.79 Å². The van der Waals surface area contributed by atoms with Crippen LogP contribution >= 0.6 is 0 Å². The molecule has 0 fully saturated rings. The minimum Gasteiger partial charge on any atom is -0.395 e. The lowest BCUT2D eigenvalue weighted by Gasteiger charge is -2.29. The zero-order valence-electron chi connectivity index (χ0n) is 7.94. The zero-order chi connectivity index (χ0) is 9.97. The van der Waals surface area contributed by atoms with E-state index >= 15 is 0 Å². The van der Waals surface area contributed by atoms with E-state index in [2.05, 4.69) is 4.90 Å². The van der Waals surface area contributed by atoms with Crippen molar-refractivity contribution < 1.29 is 9.90 Å². The van der Waals surface area contributed by atoms with Crippen LogP contribution in [-0.2, 0) is 0 Å². The Morgan fingerprint density at radius 1 is 1.36 bits per heavy atom. The fraction of sp³-hybridized carbons (Fsp3) is 0.364. The van der Waals surface area contributed by atoms with Crippen LogP contribution in [0, 0.1) is 0 Å². The Hall–Kier alpha value is -1.35. The molecule has 0 amide bonds. The van der Waals surface area contributed by atoms with Crippen molar-refractivity contribution >= 4 is 11.5 Å². The van der Waals surface area contributed by atoms with Crippen LogP contribution in [0.4, 0.5) is 5.69 Å². The molecule has 1 aromatic carbocycles. The molecule has 1 N–H and O–H groups in total. The monoisotopic (exact) mass is 191 g/mol. The predicted octanol–water partition coefficient (Wildman–Crippen LogP) is 1.07. The number of hydrogen-bond acceptors (Lipinski definition) is 3. The van der Waals surface area contributed by atoms with Crippen LogP contribution in [0.2, 0.25) is 0 Å². The summed E-state index contributed by atoms with van der Waals surface area (Å²) in [7, 11) is 0. The van der Waals surface area contributed by atoms with Gasteiger partial charge in [-0.15, -0.1) is 0 Å². The second-order valence-electron chi connectivity index (χ2n) is 3.40.